The van der Waals surface area contributed by atoms with Crippen LogP contribution in [-0.4, -0.2) is 49.3 Å². The van der Waals surface area contributed by atoms with E-state index in [1.165, 1.54) is 12.1 Å². The van der Waals surface area contributed by atoms with Crippen molar-refractivity contribution < 1.29 is 23.0 Å². The van der Waals surface area contributed by atoms with Crippen molar-refractivity contribution in [3.8, 4) is 11.5 Å². The molecule has 0 spiro atoms. The van der Waals surface area contributed by atoms with E-state index in [4.69, 9.17) is 4.74 Å². The van der Waals surface area contributed by atoms with Gasteiger partial charge in [-0.05, 0) is 48.7 Å². The molecule has 3 rings (SSSR count). The zero-order chi connectivity index (χ0) is 21.9. The zero-order valence-corrected chi connectivity index (χ0v) is 17.7. The van der Waals surface area contributed by atoms with E-state index in [1.807, 2.05) is 17.9 Å². The molecule has 0 radical (unpaired) electrons. The summed E-state index contributed by atoms with van der Waals surface area (Å²) >= 11 is 0. The van der Waals surface area contributed by atoms with Gasteiger partial charge in [-0.15, -0.1) is 0 Å². The monoisotopic (exact) mass is 422 g/mol. The van der Waals surface area contributed by atoms with Crippen LogP contribution in [0.1, 0.15) is 36.5 Å². The third-order valence-corrected chi connectivity index (χ3v) is 5.53. The number of halogens is 3. The number of piperazine rings is 1. The summed E-state index contributed by atoms with van der Waals surface area (Å²) in [4.78, 5) is 4.25. The molecule has 1 aliphatic rings. The van der Waals surface area contributed by atoms with Crippen LogP contribution < -0.4 is 9.64 Å². The van der Waals surface area contributed by atoms with Crippen LogP contribution in [0.25, 0.3) is 0 Å². The van der Waals surface area contributed by atoms with Gasteiger partial charge in [-0.3, -0.25) is 4.90 Å². The van der Waals surface area contributed by atoms with Gasteiger partial charge in [0.15, 0.2) is 0 Å². The number of rotatable bonds is 6. The van der Waals surface area contributed by atoms with Gasteiger partial charge < -0.3 is 14.7 Å². The molecule has 0 saturated carbocycles. The predicted molar refractivity (Wildman–Crippen MR) is 113 cm³/mol. The Hall–Kier alpha value is -2.41. The molecule has 0 atom stereocenters. The van der Waals surface area contributed by atoms with Crippen molar-refractivity contribution in [2.24, 2.45) is 0 Å². The van der Waals surface area contributed by atoms with Crippen LogP contribution in [0, 0.1) is 6.92 Å². The van der Waals surface area contributed by atoms with Crippen molar-refractivity contribution >= 4 is 5.69 Å². The summed E-state index contributed by atoms with van der Waals surface area (Å²) in [5.74, 6) is 1.31. The molecule has 2 aromatic carbocycles. The summed E-state index contributed by atoms with van der Waals surface area (Å²) in [5.41, 5.74) is 1.76. The first kappa shape index (κ1) is 22.3. The summed E-state index contributed by atoms with van der Waals surface area (Å²) in [6, 6.07) is 9.16. The Morgan fingerprint density at radius 2 is 1.77 bits per heavy atom. The minimum atomic E-state index is -4.32. The fourth-order valence-electron chi connectivity index (χ4n) is 3.66. The number of hydrogen-bond donors (Lipinski definition) is 1. The minimum absolute atomic E-state index is 0.238. The lowest BCUT2D eigenvalue weighted by Crippen LogP contribution is -2.47. The Kier molecular flexibility index (Phi) is 6.81. The van der Waals surface area contributed by atoms with E-state index in [0.29, 0.717) is 25.4 Å². The molecule has 1 saturated heterocycles. The first-order chi connectivity index (χ1) is 14.1. The van der Waals surface area contributed by atoms with Gasteiger partial charge >= 0.3 is 6.18 Å². The first-order valence-electron chi connectivity index (χ1n) is 10.3. The van der Waals surface area contributed by atoms with Gasteiger partial charge in [0.25, 0.3) is 0 Å². The largest absolute Gasteiger partial charge is 0.508 e. The average Bonchev–Trinajstić information content (AvgIpc) is 2.70. The standard InChI is InChI=1S/C23H29F3N2O2/c1-16(2)20-15-21(29)17(3)13-22(20)30-12-11-27-7-9-28(10-8-27)19-6-4-5-18(14-19)23(24,25)26/h4-6,13-16,29H,7-12H2,1-3H3. The van der Waals surface area contributed by atoms with E-state index in [2.05, 4.69) is 18.7 Å². The SMILES string of the molecule is Cc1cc(OCCN2CCN(c3cccc(C(F)(F)F)c3)CC2)c(C(C)C)cc1O. The van der Waals surface area contributed by atoms with E-state index in [9.17, 15) is 18.3 Å². The number of phenols is 1. The van der Waals surface area contributed by atoms with Gasteiger partial charge in [0.2, 0.25) is 0 Å². The number of aromatic hydroxyl groups is 1. The molecule has 0 bridgehead atoms. The Balaban J connectivity index is 1.52. The molecule has 164 valence electrons. The molecule has 2 aromatic rings. The van der Waals surface area contributed by atoms with E-state index in [0.717, 1.165) is 42.6 Å². The van der Waals surface area contributed by atoms with E-state index in [1.54, 1.807) is 12.1 Å². The molecule has 0 unspecified atom stereocenters. The number of aryl methyl sites for hydroxylation is 1. The second-order valence-electron chi connectivity index (χ2n) is 8.06. The summed E-state index contributed by atoms with van der Waals surface area (Å²) < 4.78 is 44.9. The molecule has 7 heteroatoms. The summed E-state index contributed by atoms with van der Waals surface area (Å²) in [5, 5.41) is 9.95. The minimum Gasteiger partial charge on any atom is -0.508 e. The van der Waals surface area contributed by atoms with Crippen molar-refractivity contribution in [3.05, 3.63) is 53.1 Å². The number of alkyl halides is 3. The lowest BCUT2D eigenvalue weighted by Gasteiger charge is -2.36. The topological polar surface area (TPSA) is 35.9 Å². The van der Waals surface area contributed by atoms with Gasteiger partial charge in [-0.1, -0.05) is 19.9 Å². The van der Waals surface area contributed by atoms with Crippen LogP contribution in [0.15, 0.2) is 36.4 Å². The highest BCUT2D eigenvalue weighted by atomic mass is 19.4. The summed E-state index contributed by atoms with van der Waals surface area (Å²) in [6.45, 7) is 10.1. The van der Waals surface area contributed by atoms with Gasteiger partial charge in [0, 0.05) is 44.0 Å². The van der Waals surface area contributed by atoms with Crippen LogP contribution in [-0.2, 0) is 6.18 Å². The van der Waals surface area contributed by atoms with Crippen molar-refractivity contribution in [3.63, 3.8) is 0 Å². The molecule has 30 heavy (non-hydrogen) atoms. The van der Waals surface area contributed by atoms with E-state index >= 15 is 0 Å². The number of phenolic OH excluding ortho intramolecular Hbond substituents is 1. The molecular weight excluding hydrogens is 393 g/mol. The van der Waals surface area contributed by atoms with Crippen LogP contribution in [0.3, 0.4) is 0 Å². The van der Waals surface area contributed by atoms with E-state index in [-0.39, 0.29) is 11.7 Å². The Morgan fingerprint density at radius 3 is 2.40 bits per heavy atom. The van der Waals surface area contributed by atoms with Gasteiger partial charge in [0.1, 0.15) is 18.1 Å². The Labute approximate surface area is 175 Å². The fraction of sp³-hybridized carbons (Fsp3) is 0.478. The van der Waals surface area contributed by atoms with Gasteiger partial charge in [-0.2, -0.15) is 13.2 Å². The lowest BCUT2D eigenvalue weighted by molar-refractivity contribution is -0.137. The third-order valence-electron chi connectivity index (χ3n) is 5.53. The second kappa shape index (κ2) is 9.16. The maximum Gasteiger partial charge on any atom is 0.416 e. The lowest BCUT2D eigenvalue weighted by atomic mass is 10.00. The molecule has 0 amide bonds. The number of ether oxygens (including phenoxy) is 1. The summed E-state index contributed by atoms with van der Waals surface area (Å²) in [6.07, 6.45) is -4.32. The maximum absolute atomic E-state index is 12.9. The summed E-state index contributed by atoms with van der Waals surface area (Å²) in [7, 11) is 0. The predicted octanol–water partition coefficient (Wildman–Crippen LogP) is 5.04. The highest BCUT2D eigenvalue weighted by molar-refractivity contribution is 5.50. The molecule has 4 nitrogen and oxygen atoms in total. The van der Waals surface area contributed by atoms with Crippen molar-refractivity contribution in [1.82, 2.24) is 4.90 Å². The molecular formula is C23H29F3N2O2. The van der Waals surface area contributed by atoms with Gasteiger partial charge in [-0.25, -0.2) is 0 Å². The zero-order valence-electron chi connectivity index (χ0n) is 17.7. The number of benzene rings is 2. The molecule has 1 heterocycles. The molecule has 0 aromatic heterocycles. The highest BCUT2D eigenvalue weighted by Gasteiger charge is 2.31. The van der Waals surface area contributed by atoms with Crippen molar-refractivity contribution in [1.29, 1.82) is 0 Å². The molecule has 1 N–H and O–H groups in total. The molecule has 0 aliphatic carbocycles. The fourth-order valence-corrected chi connectivity index (χ4v) is 3.66. The second-order valence-corrected chi connectivity index (χ2v) is 8.06. The van der Waals surface area contributed by atoms with E-state index < -0.39 is 11.7 Å². The highest BCUT2D eigenvalue weighted by Crippen LogP contribution is 2.33. The van der Waals surface area contributed by atoms with Crippen LogP contribution in [0.5, 0.6) is 11.5 Å². The number of nitrogens with zero attached hydrogens (tertiary/aromatic N) is 2. The van der Waals surface area contributed by atoms with Gasteiger partial charge in [0.05, 0.1) is 5.56 Å². The smallest absolute Gasteiger partial charge is 0.416 e. The molecule has 1 fully saturated rings. The number of anilines is 1. The first-order valence-corrected chi connectivity index (χ1v) is 10.3. The Morgan fingerprint density at radius 1 is 1.07 bits per heavy atom. The normalized spacial score (nSPS) is 15.6. The van der Waals surface area contributed by atoms with Crippen molar-refractivity contribution in [2.45, 2.75) is 32.9 Å². The third kappa shape index (κ3) is 5.39. The average molecular weight is 422 g/mol. The maximum atomic E-state index is 12.9. The van der Waals surface area contributed by atoms with Crippen LogP contribution >= 0.6 is 0 Å². The number of hydrogen-bond acceptors (Lipinski definition) is 4. The Bertz CT molecular complexity index is 860. The quantitative estimate of drug-likeness (QED) is 0.707. The van der Waals surface area contributed by atoms with Crippen molar-refractivity contribution in [2.75, 3.05) is 44.2 Å². The van der Waals surface area contributed by atoms with Crippen LogP contribution in [0.2, 0.25) is 0 Å². The molecule has 1 aliphatic heterocycles. The van der Waals surface area contributed by atoms with Crippen LogP contribution in [0.4, 0.5) is 18.9 Å².